The van der Waals surface area contributed by atoms with Gasteiger partial charge in [-0.1, -0.05) is 20.8 Å². The van der Waals surface area contributed by atoms with Crippen LogP contribution in [0.2, 0.25) is 0 Å². The van der Waals surface area contributed by atoms with Crippen molar-refractivity contribution in [2.75, 3.05) is 31.6 Å². The molecule has 0 aromatic heterocycles. The van der Waals surface area contributed by atoms with E-state index in [2.05, 4.69) is 26.1 Å². The van der Waals surface area contributed by atoms with Crippen molar-refractivity contribution in [2.45, 2.75) is 46.1 Å². The number of hydrogen-bond acceptors (Lipinski definition) is 3. The van der Waals surface area contributed by atoms with Gasteiger partial charge in [0.15, 0.2) is 18.0 Å². The van der Waals surface area contributed by atoms with Crippen molar-refractivity contribution in [3.63, 3.8) is 0 Å². The number of ether oxygens (including phenoxy) is 2. The third kappa shape index (κ3) is 3.47. The Labute approximate surface area is 149 Å². The van der Waals surface area contributed by atoms with Crippen molar-refractivity contribution < 1.29 is 19.2 Å². The van der Waals surface area contributed by atoms with Crippen molar-refractivity contribution in [2.24, 2.45) is 10.8 Å². The zero-order valence-electron chi connectivity index (χ0n) is 15.5. The van der Waals surface area contributed by atoms with Crippen LogP contribution in [0.1, 0.15) is 40.0 Å². The quantitative estimate of drug-likeness (QED) is 0.879. The lowest BCUT2D eigenvalue weighted by Crippen LogP contribution is -3.15. The SMILES string of the molecule is CC1(C)C[C@H]2C[C@](C)(C[NH+]2CC(=O)Nc2ccc3c(c2)OCCO3)C1. The number of carbonyl (C=O) groups is 1. The molecular formula is C20H29N2O3+. The summed E-state index contributed by atoms with van der Waals surface area (Å²) in [5, 5.41) is 3.04. The molecule has 4 rings (SSSR count). The zero-order chi connectivity index (χ0) is 17.7. The summed E-state index contributed by atoms with van der Waals surface area (Å²) in [4.78, 5) is 14.0. The molecule has 1 unspecified atom stereocenters. The van der Waals surface area contributed by atoms with E-state index >= 15 is 0 Å². The van der Waals surface area contributed by atoms with E-state index in [1.54, 1.807) is 0 Å². The predicted molar refractivity (Wildman–Crippen MR) is 96.3 cm³/mol. The second-order valence-electron chi connectivity index (χ2n) is 9.18. The molecule has 2 bridgehead atoms. The van der Waals surface area contributed by atoms with Gasteiger partial charge in [-0.2, -0.15) is 0 Å². The van der Waals surface area contributed by atoms with E-state index in [0.717, 1.165) is 18.0 Å². The largest absolute Gasteiger partial charge is 0.486 e. The molecule has 5 heteroatoms. The Morgan fingerprint density at radius 3 is 2.76 bits per heavy atom. The molecule has 2 N–H and O–H groups in total. The van der Waals surface area contributed by atoms with Crippen molar-refractivity contribution in [1.29, 1.82) is 0 Å². The Bertz CT molecular complexity index is 688. The highest BCUT2D eigenvalue weighted by Gasteiger charge is 2.53. The average molecular weight is 345 g/mol. The number of amides is 1. The Morgan fingerprint density at radius 1 is 1.20 bits per heavy atom. The van der Waals surface area contributed by atoms with E-state index in [1.165, 1.54) is 24.2 Å². The van der Waals surface area contributed by atoms with Gasteiger partial charge in [-0.25, -0.2) is 0 Å². The highest BCUT2D eigenvalue weighted by Crippen LogP contribution is 2.47. The molecule has 1 saturated heterocycles. The maximum absolute atomic E-state index is 12.6. The van der Waals surface area contributed by atoms with E-state index in [1.807, 2.05) is 18.2 Å². The molecule has 1 amide bonds. The van der Waals surface area contributed by atoms with Crippen LogP contribution in [0.5, 0.6) is 11.5 Å². The number of benzene rings is 1. The van der Waals surface area contributed by atoms with Crippen molar-refractivity contribution in [1.82, 2.24) is 0 Å². The molecule has 5 nitrogen and oxygen atoms in total. The summed E-state index contributed by atoms with van der Waals surface area (Å²) in [6.07, 6.45) is 3.74. The number of carbonyl (C=O) groups excluding carboxylic acids is 1. The number of anilines is 1. The third-order valence-electron chi connectivity index (χ3n) is 5.89. The van der Waals surface area contributed by atoms with Gasteiger partial charge in [0.05, 0.1) is 12.6 Å². The Morgan fingerprint density at radius 2 is 1.96 bits per heavy atom. The Hall–Kier alpha value is -1.75. The van der Waals surface area contributed by atoms with Crippen LogP contribution < -0.4 is 19.7 Å². The van der Waals surface area contributed by atoms with Crippen LogP contribution in [0.25, 0.3) is 0 Å². The number of likely N-dealkylation sites (tertiary alicyclic amines) is 1. The van der Waals surface area contributed by atoms with Crippen LogP contribution in [0.4, 0.5) is 5.69 Å². The molecule has 2 fully saturated rings. The number of quaternary nitrogens is 1. The molecule has 1 aliphatic carbocycles. The molecule has 1 aromatic rings. The second kappa shape index (κ2) is 5.90. The van der Waals surface area contributed by atoms with E-state index in [9.17, 15) is 4.79 Å². The van der Waals surface area contributed by atoms with Crippen LogP contribution >= 0.6 is 0 Å². The Balaban J connectivity index is 1.40. The summed E-state index contributed by atoms with van der Waals surface area (Å²) in [5.41, 5.74) is 1.56. The molecule has 3 aliphatic rings. The minimum atomic E-state index is 0.0839. The summed E-state index contributed by atoms with van der Waals surface area (Å²) < 4.78 is 11.1. The maximum atomic E-state index is 12.6. The first kappa shape index (κ1) is 16.7. The molecule has 25 heavy (non-hydrogen) atoms. The normalized spacial score (nSPS) is 32.3. The highest BCUT2D eigenvalue weighted by atomic mass is 16.6. The topological polar surface area (TPSA) is 52.0 Å². The van der Waals surface area contributed by atoms with Crippen molar-refractivity contribution >= 4 is 11.6 Å². The van der Waals surface area contributed by atoms with Gasteiger partial charge in [-0.05, 0) is 24.0 Å². The van der Waals surface area contributed by atoms with Crippen LogP contribution in [-0.2, 0) is 4.79 Å². The first-order valence-corrected chi connectivity index (χ1v) is 9.36. The maximum Gasteiger partial charge on any atom is 0.279 e. The lowest BCUT2D eigenvalue weighted by Gasteiger charge is -2.37. The van der Waals surface area contributed by atoms with Crippen LogP contribution in [0, 0.1) is 10.8 Å². The molecular weight excluding hydrogens is 316 g/mol. The number of nitrogens with one attached hydrogen (secondary N) is 2. The van der Waals surface area contributed by atoms with Gasteiger partial charge in [-0.15, -0.1) is 0 Å². The summed E-state index contributed by atoms with van der Waals surface area (Å²) in [5.74, 6) is 1.54. The van der Waals surface area contributed by atoms with Crippen LogP contribution in [0.3, 0.4) is 0 Å². The molecule has 2 heterocycles. The fourth-order valence-electron chi connectivity index (χ4n) is 5.49. The van der Waals surface area contributed by atoms with E-state index < -0.39 is 0 Å². The molecule has 136 valence electrons. The Kier molecular flexibility index (Phi) is 3.95. The lowest BCUT2D eigenvalue weighted by molar-refractivity contribution is -0.906. The minimum absolute atomic E-state index is 0.0839. The predicted octanol–water partition coefficient (Wildman–Crippen LogP) is 1.88. The monoisotopic (exact) mass is 345 g/mol. The minimum Gasteiger partial charge on any atom is -0.486 e. The van der Waals surface area contributed by atoms with Crippen LogP contribution in [0.15, 0.2) is 18.2 Å². The van der Waals surface area contributed by atoms with Gasteiger partial charge < -0.3 is 19.7 Å². The summed E-state index contributed by atoms with van der Waals surface area (Å²) in [6.45, 7) is 9.92. The number of fused-ring (bicyclic) bond motifs is 3. The first-order chi connectivity index (χ1) is 11.8. The molecule has 0 spiro atoms. The molecule has 1 aromatic carbocycles. The van der Waals surface area contributed by atoms with Gasteiger partial charge in [0.25, 0.3) is 5.91 Å². The van der Waals surface area contributed by atoms with Gasteiger partial charge >= 0.3 is 0 Å². The molecule has 2 aliphatic heterocycles. The number of rotatable bonds is 3. The van der Waals surface area contributed by atoms with Crippen molar-refractivity contribution in [3.05, 3.63) is 18.2 Å². The summed E-state index contributed by atoms with van der Waals surface area (Å²) >= 11 is 0. The zero-order valence-corrected chi connectivity index (χ0v) is 15.5. The smallest absolute Gasteiger partial charge is 0.279 e. The standard InChI is InChI=1S/C20H28N2O3/c1-19(2)9-15-10-20(3,12-19)13-22(15)11-18(23)21-14-4-5-16-17(8-14)25-7-6-24-16/h4-5,8,15H,6-7,9-13H2,1-3H3,(H,21,23)/p+1/t15-,20-/m0/s1. The summed E-state index contributed by atoms with van der Waals surface area (Å²) in [7, 11) is 0. The highest BCUT2D eigenvalue weighted by molar-refractivity contribution is 5.91. The second-order valence-corrected chi connectivity index (χ2v) is 9.18. The average Bonchev–Trinajstić information content (AvgIpc) is 2.75. The molecule has 0 radical (unpaired) electrons. The fraction of sp³-hybridized carbons (Fsp3) is 0.650. The molecule has 1 saturated carbocycles. The van der Waals surface area contributed by atoms with E-state index in [4.69, 9.17) is 9.47 Å². The van der Waals surface area contributed by atoms with E-state index in [0.29, 0.717) is 42.4 Å². The number of hydrogen-bond donors (Lipinski definition) is 2. The van der Waals surface area contributed by atoms with Gasteiger partial charge in [-0.3, -0.25) is 4.79 Å². The third-order valence-corrected chi connectivity index (χ3v) is 5.89. The van der Waals surface area contributed by atoms with Crippen LogP contribution in [-0.4, -0.2) is 38.3 Å². The van der Waals surface area contributed by atoms with Gasteiger partial charge in [0.1, 0.15) is 13.2 Å². The van der Waals surface area contributed by atoms with Crippen molar-refractivity contribution in [3.8, 4) is 11.5 Å². The lowest BCUT2D eigenvalue weighted by atomic mass is 9.65. The first-order valence-electron chi connectivity index (χ1n) is 9.36. The van der Waals surface area contributed by atoms with Gasteiger partial charge in [0, 0.05) is 30.0 Å². The van der Waals surface area contributed by atoms with Gasteiger partial charge in [0.2, 0.25) is 0 Å². The molecule has 3 atom stereocenters. The fourth-order valence-corrected chi connectivity index (χ4v) is 5.49. The summed E-state index contributed by atoms with van der Waals surface area (Å²) in [6, 6.07) is 6.21. The van der Waals surface area contributed by atoms with E-state index in [-0.39, 0.29) is 5.91 Å².